The summed E-state index contributed by atoms with van der Waals surface area (Å²) in [5, 5.41) is 26.3. The molecule has 0 saturated carbocycles. The van der Waals surface area contributed by atoms with Crippen LogP contribution in [0, 0.1) is 22.7 Å². The molecule has 13 heavy (non-hydrogen) atoms. The predicted octanol–water partition coefficient (Wildman–Crippen LogP) is 0.00726. The maximum Gasteiger partial charge on any atom is 0.176 e. The zero-order valence-electron chi connectivity index (χ0n) is 7.10. The SMILES string of the molecule is C[C@@H](O)Cn1cnc(C#N)c1C#N. The molecule has 0 fully saturated rings. The smallest absolute Gasteiger partial charge is 0.176 e. The molecule has 0 aliphatic rings. The van der Waals surface area contributed by atoms with Gasteiger partial charge in [0.25, 0.3) is 0 Å². The molecule has 5 heteroatoms. The third kappa shape index (κ3) is 1.84. The molecule has 0 bridgehead atoms. The Kier molecular flexibility index (Phi) is 2.63. The van der Waals surface area contributed by atoms with E-state index < -0.39 is 6.10 Å². The Hall–Kier alpha value is -1.85. The highest BCUT2D eigenvalue weighted by atomic mass is 16.3. The van der Waals surface area contributed by atoms with Gasteiger partial charge in [0.1, 0.15) is 12.1 Å². The fourth-order valence-corrected chi connectivity index (χ4v) is 1.00. The largest absolute Gasteiger partial charge is 0.392 e. The number of rotatable bonds is 2. The fraction of sp³-hybridized carbons (Fsp3) is 0.375. The van der Waals surface area contributed by atoms with Crippen LogP contribution >= 0.6 is 0 Å². The zero-order chi connectivity index (χ0) is 9.84. The molecule has 1 aromatic rings. The van der Waals surface area contributed by atoms with Crippen LogP contribution in [0.5, 0.6) is 0 Å². The van der Waals surface area contributed by atoms with E-state index in [0.29, 0.717) is 0 Å². The predicted molar refractivity (Wildman–Crippen MR) is 43.3 cm³/mol. The first-order chi connectivity index (χ1) is 6.19. The van der Waals surface area contributed by atoms with E-state index in [9.17, 15) is 0 Å². The van der Waals surface area contributed by atoms with Crippen molar-refractivity contribution in [2.45, 2.75) is 19.6 Å². The Morgan fingerprint density at radius 2 is 2.31 bits per heavy atom. The molecule has 5 nitrogen and oxygen atoms in total. The Bertz CT molecular complexity index is 380. The van der Waals surface area contributed by atoms with Gasteiger partial charge in [-0.2, -0.15) is 10.5 Å². The second kappa shape index (κ2) is 3.70. The normalized spacial score (nSPS) is 11.7. The highest BCUT2D eigenvalue weighted by molar-refractivity contribution is 5.35. The van der Waals surface area contributed by atoms with Gasteiger partial charge in [-0.05, 0) is 6.92 Å². The summed E-state index contributed by atoms with van der Waals surface area (Å²) in [5.41, 5.74) is 0.298. The van der Waals surface area contributed by atoms with Crippen LogP contribution < -0.4 is 0 Å². The zero-order valence-corrected chi connectivity index (χ0v) is 7.10. The molecule has 1 aromatic heterocycles. The van der Waals surface area contributed by atoms with Gasteiger partial charge >= 0.3 is 0 Å². The Morgan fingerprint density at radius 1 is 1.62 bits per heavy atom. The van der Waals surface area contributed by atoms with Gasteiger partial charge in [0.05, 0.1) is 19.0 Å². The van der Waals surface area contributed by atoms with E-state index in [1.165, 1.54) is 10.9 Å². The number of nitrogens with zero attached hydrogens (tertiary/aromatic N) is 4. The molecule has 0 radical (unpaired) electrons. The summed E-state index contributed by atoms with van der Waals surface area (Å²) in [5.74, 6) is 0. The number of aliphatic hydroxyl groups is 1. The van der Waals surface area contributed by atoms with E-state index in [1.807, 2.05) is 6.07 Å². The minimum atomic E-state index is -0.562. The van der Waals surface area contributed by atoms with Crippen molar-refractivity contribution in [3.63, 3.8) is 0 Å². The van der Waals surface area contributed by atoms with E-state index in [1.54, 1.807) is 13.0 Å². The quantitative estimate of drug-likeness (QED) is 0.687. The Balaban J connectivity index is 3.05. The lowest BCUT2D eigenvalue weighted by atomic mass is 10.3. The molecule has 0 spiro atoms. The fourth-order valence-electron chi connectivity index (χ4n) is 1.00. The molecule has 0 aromatic carbocycles. The molecule has 1 rings (SSSR count). The van der Waals surface area contributed by atoms with Crippen LogP contribution in [0.3, 0.4) is 0 Å². The first-order valence-corrected chi connectivity index (χ1v) is 3.72. The monoisotopic (exact) mass is 176 g/mol. The maximum atomic E-state index is 9.07. The second-order valence-electron chi connectivity index (χ2n) is 2.67. The van der Waals surface area contributed by atoms with E-state index in [4.69, 9.17) is 15.6 Å². The van der Waals surface area contributed by atoms with E-state index in [2.05, 4.69) is 4.98 Å². The molecule has 0 amide bonds. The highest BCUT2D eigenvalue weighted by Crippen LogP contribution is 2.05. The molecule has 1 heterocycles. The number of aromatic nitrogens is 2. The molecule has 66 valence electrons. The molecule has 1 atom stereocenters. The lowest BCUT2D eigenvalue weighted by molar-refractivity contribution is 0.173. The molecule has 0 unspecified atom stereocenters. The van der Waals surface area contributed by atoms with Gasteiger partial charge in [0.2, 0.25) is 0 Å². The van der Waals surface area contributed by atoms with Crippen molar-refractivity contribution in [1.82, 2.24) is 9.55 Å². The maximum absolute atomic E-state index is 9.07. The Labute approximate surface area is 75.5 Å². The summed E-state index contributed by atoms with van der Waals surface area (Å²) in [6.45, 7) is 1.88. The summed E-state index contributed by atoms with van der Waals surface area (Å²) in [6, 6.07) is 3.67. The lowest BCUT2D eigenvalue weighted by Crippen LogP contribution is -2.12. The van der Waals surface area contributed by atoms with Gasteiger partial charge in [-0.15, -0.1) is 0 Å². The van der Waals surface area contributed by atoms with Crippen LogP contribution in [-0.4, -0.2) is 20.8 Å². The topological polar surface area (TPSA) is 85.6 Å². The van der Waals surface area contributed by atoms with Crippen LogP contribution in [0.15, 0.2) is 6.33 Å². The second-order valence-corrected chi connectivity index (χ2v) is 2.67. The van der Waals surface area contributed by atoms with E-state index >= 15 is 0 Å². The van der Waals surface area contributed by atoms with Crippen LogP contribution in [0.2, 0.25) is 0 Å². The number of hydrogen-bond acceptors (Lipinski definition) is 4. The van der Waals surface area contributed by atoms with Crippen LogP contribution in [0.1, 0.15) is 18.3 Å². The van der Waals surface area contributed by atoms with Gasteiger partial charge in [0.15, 0.2) is 11.4 Å². The van der Waals surface area contributed by atoms with Gasteiger partial charge in [-0.3, -0.25) is 0 Å². The molecular weight excluding hydrogens is 168 g/mol. The highest BCUT2D eigenvalue weighted by Gasteiger charge is 2.10. The average molecular weight is 176 g/mol. The van der Waals surface area contributed by atoms with Crippen molar-refractivity contribution in [2.75, 3.05) is 0 Å². The molecule has 1 N–H and O–H groups in total. The van der Waals surface area contributed by atoms with Crippen LogP contribution in [0.25, 0.3) is 0 Å². The minimum Gasteiger partial charge on any atom is -0.392 e. The first-order valence-electron chi connectivity index (χ1n) is 3.72. The summed E-state index contributed by atoms with van der Waals surface area (Å²) in [7, 11) is 0. The molecular formula is C8H8N4O. The van der Waals surface area contributed by atoms with Crippen molar-refractivity contribution in [3.8, 4) is 12.1 Å². The minimum absolute atomic E-state index is 0.100. The lowest BCUT2D eigenvalue weighted by Gasteiger charge is -2.04. The van der Waals surface area contributed by atoms with Crippen molar-refractivity contribution < 1.29 is 5.11 Å². The summed E-state index contributed by atoms with van der Waals surface area (Å²) in [6.07, 6.45) is 0.817. The van der Waals surface area contributed by atoms with Crippen molar-refractivity contribution in [2.24, 2.45) is 0 Å². The van der Waals surface area contributed by atoms with Gasteiger partial charge in [0, 0.05) is 0 Å². The number of nitriles is 2. The van der Waals surface area contributed by atoms with E-state index in [-0.39, 0.29) is 17.9 Å². The van der Waals surface area contributed by atoms with Gasteiger partial charge < -0.3 is 9.67 Å². The average Bonchev–Trinajstić information content (AvgIpc) is 2.45. The van der Waals surface area contributed by atoms with Gasteiger partial charge in [-0.25, -0.2) is 4.98 Å². The molecule has 0 aliphatic carbocycles. The Morgan fingerprint density at radius 3 is 2.77 bits per heavy atom. The number of aliphatic hydroxyl groups excluding tert-OH is 1. The van der Waals surface area contributed by atoms with Crippen molar-refractivity contribution >= 4 is 0 Å². The summed E-state index contributed by atoms with van der Waals surface area (Å²) in [4.78, 5) is 3.73. The summed E-state index contributed by atoms with van der Waals surface area (Å²) < 4.78 is 1.46. The van der Waals surface area contributed by atoms with Crippen molar-refractivity contribution in [3.05, 3.63) is 17.7 Å². The summed E-state index contributed by atoms with van der Waals surface area (Å²) >= 11 is 0. The number of hydrogen-bond donors (Lipinski definition) is 1. The van der Waals surface area contributed by atoms with Crippen molar-refractivity contribution in [1.29, 1.82) is 10.5 Å². The third-order valence-electron chi connectivity index (χ3n) is 1.51. The molecule has 0 aliphatic heterocycles. The number of imidazole rings is 1. The first kappa shape index (κ1) is 9.24. The van der Waals surface area contributed by atoms with Crippen LogP contribution in [0.4, 0.5) is 0 Å². The van der Waals surface area contributed by atoms with E-state index in [0.717, 1.165) is 0 Å². The van der Waals surface area contributed by atoms with Crippen LogP contribution in [-0.2, 0) is 6.54 Å². The third-order valence-corrected chi connectivity index (χ3v) is 1.51. The standard InChI is InChI=1S/C8H8N4O/c1-6(13)4-12-5-11-7(2-9)8(12)3-10/h5-6,13H,4H2,1H3/t6-/m1/s1. The molecule has 0 saturated heterocycles. The van der Waals surface area contributed by atoms with Gasteiger partial charge in [-0.1, -0.05) is 0 Å².